The SMILES string of the molecule is CCCC(=O)Nc1ccc(C(=O)NC2CCC(=O)N3CCCC(C(=O)NC(C=O)CC(=O)O)N3C2=O)cc1. The maximum Gasteiger partial charge on any atom is 0.305 e. The highest BCUT2D eigenvalue weighted by molar-refractivity contribution is 6.00. The van der Waals surface area contributed by atoms with Crippen LogP contribution in [0.1, 0.15) is 62.2 Å². The number of carboxylic acids is 1. The van der Waals surface area contributed by atoms with Crippen LogP contribution in [0.4, 0.5) is 5.69 Å². The second-order valence-electron chi connectivity index (χ2n) is 9.15. The Labute approximate surface area is 218 Å². The van der Waals surface area contributed by atoms with Gasteiger partial charge in [-0.25, -0.2) is 5.01 Å². The van der Waals surface area contributed by atoms with Crippen molar-refractivity contribution in [2.45, 2.75) is 70.0 Å². The molecule has 38 heavy (non-hydrogen) atoms. The van der Waals surface area contributed by atoms with Crippen LogP contribution < -0.4 is 16.0 Å². The van der Waals surface area contributed by atoms with Crippen molar-refractivity contribution in [3.05, 3.63) is 29.8 Å². The van der Waals surface area contributed by atoms with Crippen LogP contribution in [0.2, 0.25) is 0 Å². The number of nitrogens with one attached hydrogen (secondary N) is 3. The van der Waals surface area contributed by atoms with Gasteiger partial charge in [0.1, 0.15) is 18.4 Å². The van der Waals surface area contributed by atoms with Gasteiger partial charge in [0.2, 0.25) is 17.7 Å². The molecule has 2 saturated heterocycles. The molecule has 1 aromatic rings. The van der Waals surface area contributed by atoms with Gasteiger partial charge in [-0.1, -0.05) is 6.92 Å². The Morgan fingerprint density at radius 2 is 1.84 bits per heavy atom. The van der Waals surface area contributed by atoms with E-state index in [0.29, 0.717) is 31.2 Å². The number of hydrogen-bond acceptors (Lipinski definition) is 7. The van der Waals surface area contributed by atoms with Crippen LogP contribution in [0.25, 0.3) is 0 Å². The van der Waals surface area contributed by atoms with Crippen molar-refractivity contribution in [3.8, 4) is 0 Å². The molecule has 1 aromatic carbocycles. The third-order valence-electron chi connectivity index (χ3n) is 6.26. The molecule has 5 amide bonds. The summed E-state index contributed by atoms with van der Waals surface area (Å²) in [4.78, 5) is 86.1. The maximum atomic E-state index is 13.5. The van der Waals surface area contributed by atoms with Gasteiger partial charge >= 0.3 is 5.97 Å². The third-order valence-corrected chi connectivity index (χ3v) is 6.26. The molecular weight excluding hydrogens is 498 g/mol. The van der Waals surface area contributed by atoms with E-state index < -0.39 is 54.1 Å². The minimum atomic E-state index is -1.29. The number of anilines is 1. The molecule has 0 bridgehead atoms. The molecule has 13 heteroatoms. The predicted molar refractivity (Wildman–Crippen MR) is 132 cm³/mol. The summed E-state index contributed by atoms with van der Waals surface area (Å²) in [7, 11) is 0. The fourth-order valence-corrected chi connectivity index (χ4v) is 4.40. The lowest BCUT2D eigenvalue weighted by Crippen LogP contribution is -2.64. The first-order valence-corrected chi connectivity index (χ1v) is 12.5. The Kier molecular flexibility index (Phi) is 9.52. The molecule has 2 aliphatic heterocycles. The number of hydrazine groups is 1. The lowest BCUT2D eigenvalue weighted by atomic mass is 10.0. The molecule has 0 aliphatic carbocycles. The van der Waals surface area contributed by atoms with Crippen molar-refractivity contribution in [2.24, 2.45) is 0 Å². The van der Waals surface area contributed by atoms with E-state index in [4.69, 9.17) is 5.11 Å². The zero-order chi connectivity index (χ0) is 27.8. The summed E-state index contributed by atoms with van der Waals surface area (Å²) in [5, 5.41) is 18.8. The van der Waals surface area contributed by atoms with Gasteiger partial charge in [-0.2, -0.15) is 0 Å². The number of benzene rings is 1. The first-order chi connectivity index (χ1) is 18.1. The molecule has 204 valence electrons. The number of carbonyl (C=O) groups is 7. The van der Waals surface area contributed by atoms with E-state index in [0.717, 1.165) is 5.01 Å². The lowest BCUT2D eigenvalue weighted by Gasteiger charge is -2.43. The molecule has 0 spiro atoms. The summed E-state index contributed by atoms with van der Waals surface area (Å²) in [5.41, 5.74) is 0.750. The molecular formula is C25H31N5O8. The van der Waals surface area contributed by atoms with Crippen molar-refractivity contribution in [2.75, 3.05) is 11.9 Å². The van der Waals surface area contributed by atoms with Gasteiger partial charge in [-0.05, 0) is 49.9 Å². The lowest BCUT2D eigenvalue weighted by molar-refractivity contribution is -0.176. The van der Waals surface area contributed by atoms with Crippen LogP contribution in [0, 0.1) is 0 Å². The Hall–Kier alpha value is -4.29. The van der Waals surface area contributed by atoms with Gasteiger partial charge in [-0.3, -0.25) is 33.8 Å². The van der Waals surface area contributed by atoms with E-state index >= 15 is 0 Å². The maximum absolute atomic E-state index is 13.5. The zero-order valence-corrected chi connectivity index (χ0v) is 21.0. The molecule has 0 aromatic heterocycles. The average molecular weight is 530 g/mol. The van der Waals surface area contributed by atoms with E-state index in [1.807, 2.05) is 6.92 Å². The number of aliphatic carboxylic acids is 1. The van der Waals surface area contributed by atoms with Crippen LogP contribution >= 0.6 is 0 Å². The summed E-state index contributed by atoms with van der Waals surface area (Å²) in [6, 6.07) is 2.57. The van der Waals surface area contributed by atoms with Crippen molar-refractivity contribution < 1.29 is 38.7 Å². The van der Waals surface area contributed by atoms with Gasteiger partial charge < -0.3 is 25.9 Å². The second kappa shape index (κ2) is 12.8. The number of carboxylic acid groups (broad SMARTS) is 1. The molecule has 2 aliphatic rings. The van der Waals surface area contributed by atoms with Crippen LogP contribution in [0.5, 0.6) is 0 Å². The number of hydrogen-bond donors (Lipinski definition) is 4. The van der Waals surface area contributed by atoms with Gasteiger partial charge in [-0.15, -0.1) is 0 Å². The van der Waals surface area contributed by atoms with E-state index in [2.05, 4.69) is 16.0 Å². The van der Waals surface area contributed by atoms with Crippen molar-refractivity contribution >= 4 is 47.5 Å². The minimum absolute atomic E-state index is 0.0197. The Bertz CT molecular complexity index is 1110. The predicted octanol–water partition coefficient (Wildman–Crippen LogP) is 0.210. The highest BCUT2D eigenvalue weighted by atomic mass is 16.4. The first kappa shape index (κ1) is 28.3. The average Bonchev–Trinajstić information content (AvgIpc) is 3.00. The summed E-state index contributed by atoms with van der Waals surface area (Å²) >= 11 is 0. The standard InChI is InChI=1S/C25H31N5O8/c1-2-4-20(32)26-16-8-6-15(7-9-16)23(36)28-18-10-11-21(33)29-12-3-5-19(30(29)25(18)38)24(37)27-17(14-31)13-22(34)35/h6-9,14,17-19H,2-5,10-13H2,1H3,(H,26,32)(H,27,37)(H,28,36)(H,34,35). The molecule has 0 saturated carbocycles. The van der Waals surface area contributed by atoms with Gasteiger partial charge in [0.25, 0.3) is 11.8 Å². The number of nitrogens with zero attached hydrogens (tertiary/aromatic N) is 2. The molecule has 2 heterocycles. The summed E-state index contributed by atoms with van der Waals surface area (Å²) in [5.74, 6) is -3.82. The van der Waals surface area contributed by atoms with Crippen molar-refractivity contribution in [1.82, 2.24) is 20.7 Å². The smallest absolute Gasteiger partial charge is 0.305 e. The highest BCUT2D eigenvalue weighted by Crippen LogP contribution is 2.25. The Morgan fingerprint density at radius 3 is 2.47 bits per heavy atom. The Balaban J connectivity index is 1.74. The van der Waals surface area contributed by atoms with E-state index in [-0.39, 0.29) is 37.3 Å². The van der Waals surface area contributed by atoms with Crippen LogP contribution in [0.3, 0.4) is 0 Å². The van der Waals surface area contributed by atoms with E-state index in [9.17, 15) is 33.6 Å². The van der Waals surface area contributed by atoms with Crippen LogP contribution in [0.15, 0.2) is 24.3 Å². The van der Waals surface area contributed by atoms with E-state index in [1.54, 1.807) is 12.1 Å². The second-order valence-corrected chi connectivity index (χ2v) is 9.15. The third kappa shape index (κ3) is 6.93. The van der Waals surface area contributed by atoms with E-state index in [1.165, 1.54) is 17.1 Å². The monoisotopic (exact) mass is 529 g/mol. The Morgan fingerprint density at radius 1 is 1.13 bits per heavy atom. The number of amides is 5. The number of aldehydes is 1. The van der Waals surface area contributed by atoms with Crippen LogP contribution in [-0.4, -0.2) is 81.6 Å². The summed E-state index contributed by atoms with van der Waals surface area (Å²) in [6.45, 7) is 2.08. The van der Waals surface area contributed by atoms with Crippen LogP contribution in [-0.2, 0) is 28.8 Å². The largest absolute Gasteiger partial charge is 0.481 e. The summed E-state index contributed by atoms with van der Waals surface area (Å²) < 4.78 is 0. The normalized spacial score (nSPS) is 20.0. The highest BCUT2D eigenvalue weighted by Gasteiger charge is 2.45. The first-order valence-electron chi connectivity index (χ1n) is 12.5. The van der Waals surface area contributed by atoms with Crippen molar-refractivity contribution in [1.29, 1.82) is 0 Å². The molecule has 3 atom stereocenters. The molecule has 4 N–H and O–H groups in total. The van der Waals surface area contributed by atoms with Gasteiger partial charge in [0.05, 0.1) is 12.5 Å². The quantitative estimate of drug-likeness (QED) is 0.310. The number of fused-ring (bicyclic) bond motifs is 1. The molecule has 0 radical (unpaired) electrons. The number of rotatable bonds is 10. The zero-order valence-electron chi connectivity index (χ0n) is 21.0. The van der Waals surface area contributed by atoms with Gasteiger partial charge in [0, 0.05) is 30.6 Å². The molecule has 13 nitrogen and oxygen atoms in total. The fourth-order valence-electron chi connectivity index (χ4n) is 4.40. The van der Waals surface area contributed by atoms with Gasteiger partial charge in [0.15, 0.2) is 0 Å². The molecule has 3 unspecified atom stereocenters. The summed E-state index contributed by atoms with van der Waals surface area (Å²) in [6.07, 6.45) is 1.31. The number of carbonyl (C=O) groups excluding carboxylic acids is 6. The molecule has 3 rings (SSSR count). The fraction of sp³-hybridized carbons (Fsp3) is 0.480. The minimum Gasteiger partial charge on any atom is -0.481 e. The molecule has 2 fully saturated rings. The van der Waals surface area contributed by atoms with Crippen molar-refractivity contribution in [3.63, 3.8) is 0 Å². The topological polar surface area (TPSA) is 182 Å².